The van der Waals surface area contributed by atoms with Gasteiger partial charge in [0.2, 0.25) is 0 Å². The van der Waals surface area contributed by atoms with E-state index in [4.69, 9.17) is 9.51 Å². The van der Waals surface area contributed by atoms with Crippen LogP contribution in [0.4, 0.5) is 0 Å². The minimum atomic E-state index is -0.213. The van der Waals surface area contributed by atoms with E-state index < -0.39 is 0 Å². The van der Waals surface area contributed by atoms with Crippen molar-refractivity contribution in [1.29, 1.82) is 0 Å². The van der Waals surface area contributed by atoms with E-state index in [9.17, 15) is 4.79 Å². The van der Waals surface area contributed by atoms with Crippen LogP contribution in [-0.2, 0) is 6.54 Å². The number of rotatable bonds is 3. The summed E-state index contributed by atoms with van der Waals surface area (Å²) in [7, 11) is 0. The van der Waals surface area contributed by atoms with E-state index in [2.05, 4.69) is 20.3 Å². The number of aryl methyl sites for hydroxylation is 3. The van der Waals surface area contributed by atoms with E-state index in [0.29, 0.717) is 28.6 Å². The zero-order chi connectivity index (χ0) is 19.4. The Bertz CT molecular complexity index is 1400. The zero-order valence-corrected chi connectivity index (χ0v) is 15.6. The molecule has 140 valence electrons. The number of nitrogens with zero attached hydrogens (tertiary/aromatic N) is 6. The van der Waals surface area contributed by atoms with E-state index in [-0.39, 0.29) is 5.56 Å². The molecule has 4 heterocycles. The molecule has 0 saturated carbocycles. The molecular weight excluding hydrogens is 358 g/mol. The topological polar surface area (TPSA) is 107 Å². The van der Waals surface area contributed by atoms with Crippen molar-refractivity contribution >= 4 is 16.6 Å². The first-order valence-corrected chi connectivity index (χ1v) is 8.94. The predicted molar refractivity (Wildman–Crippen MR) is 103 cm³/mol. The highest BCUT2D eigenvalue weighted by atomic mass is 16.5. The molecule has 0 atom stereocenters. The summed E-state index contributed by atoms with van der Waals surface area (Å²) in [4.78, 5) is 21.7. The average molecular weight is 375 g/mol. The van der Waals surface area contributed by atoms with Crippen LogP contribution in [0.15, 0.2) is 39.8 Å². The molecule has 0 spiro atoms. The molecule has 5 aromatic rings. The van der Waals surface area contributed by atoms with Crippen molar-refractivity contribution < 1.29 is 4.52 Å². The Morgan fingerprint density at radius 3 is 2.79 bits per heavy atom. The van der Waals surface area contributed by atoms with Crippen molar-refractivity contribution in [2.24, 2.45) is 0 Å². The summed E-state index contributed by atoms with van der Waals surface area (Å²) < 4.78 is 8.63. The van der Waals surface area contributed by atoms with Crippen molar-refractivity contribution in [2.45, 2.75) is 27.3 Å². The molecule has 0 aliphatic carbocycles. The van der Waals surface area contributed by atoms with E-state index in [0.717, 1.165) is 28.7 Å². The van der Waals surface area contributed by atoms with Crippen LogP contribution in [0.2, 0.25) is 0 Å². The van der Waals surface area contributed by atoms with Gasteiger partial charge in [0.25, 0.3) is 11.4 Å². The van der Waals surface area contributed by atoms with Gasteiger partial charge in [-0.15, -0.1) is 0 Å². The van der Waals surface area contributed by atoms with Crippen molar-refractivity contribution in [1.82, 2.24) is 34.5 Å². The van der Waals surface area contributed by atoms with Gasteiger partial charge in [0.05, 0.1) is 17.4 Å². The SMILES string of the molecule is CCn1ncc2cc(-c3cc(=O)n4[nH]c(C)c(-c5nc(C)no5)c4n3)ccc21. The quantitative estimate of drug-likeness (QED) is 0.520. The molecule has 0 amide bonds. The second-order valence-corrected chi connectivity index (χ2v) is 6.63. The zero-order valence-electron chi connectivity index (χ0n) is 15.6. The van der Waals surface area contributed by atoms with Gasteiger partial charge in [-0.1, -0.05) is 11.2 Å². The molecule has 9 nitrogen and oxygen atoms in total. The number of fused-ring (bicyclic) bond motifs is 2. The summed E-state index contributed by atoms with van der Waals surface area (Å²) in [5, 5.41) is 12.2. The van der Waals surface area contributed by atoms with Gasteiger partial charge in [-0.2, -0.15) is 10.1 Å². The van der Waals surface area contributed by atoms with Crippen LogP contribution in [0.25, 0.3) is 39.3 Å². The molecule has 0 radical (unpaired) electrons. The second kappa shape index (κ2) is 5.88. The normalized spacial score (nSPS) is 11.7. The van der Waals surface area contributed by atoms with E-state index >= 15 is 0 Å². The van der Waals surface area contributed by atoms with Crippen molar-refractivity contribution in [3.63, 3.8) is 0 Å². The van der Waals surface area contributed by atoms with E-state index in [1.165, 1.54) is 10.6 Å². The molecule has 0 aliphatic rings. The Morgan fingerprint density at radius 2 is 2.04 bits per heavy atom. The van der Waals surface area contributed by atoms with Crippen LogP contribution in [0.1, 0.15) is 18.4 Å². The smallest absolute Gasteiger partial charge is 0.273 e. The first-order valence-electron chi connectivity index (χ1n) is 8.94. The second-order valence-electron chi connectivity index (χ2n) is 6.63. The number of H-pyrrole nitrogens is 1. The summed E-state index contributed by atoms with van der Waals surface area (Å²) in [6.45, 7) is 6.43. The van der Waals surface area contributed by atoms with Gasteiger partial charge in [0.15, 0.2) is 11.5 Å². The maximum absolute atomic E-state index is 12.7. The number of nitrogens with one attached hydrogen (secondary N) is 1. The Hall–Kier alpha value is -3.75. The lowest BCUT2D eigenvalue weighted by molar-refractivity contribution is 0.425. The van der Waals surface area contributed by atoms with Gasteiger partial charge in [-0.3, -0.25) is 14.6 Å². The summed E-state index contributed by atoms with van der Waals surface area (Å²) in [6, 6.07) is 7.44. The maximum Gasteiger partial charge on any atom is 0.273 e. The third-order valence-electron chi connectivity index (χ3n) is 4.78. The Morgan fingerprint density at radius 1 is 1.18 bits per heavy atom. The maximum atomic E-state index is 12.7. The number of hydrogen-bond donors (Lipinski definition) is 1. The standard InChI is InChI=1S/C19H17N7O2/c1-4-25-15-6-5-12(7-13(15)9-20-25)14-8-16(27)26-18(22-14)17(10(2)23-26)19-21-11(3)24-28-19/h5-9,23H,4H2,1-3H3. The van der Waals surface area contributed by atoms with Crippen LogP contribution in [0.5, 0.6) is 0 Å². The summed E-state index contributed by atoms with van der Waals surface area (Å²) in [6.07, 6.45) is 1.82. The minimum absolute atomic E-state index is 0.213. The largest absolute Gasteiger partial charge is 0.334 e. The number of hydrogen-bond acceptors (Lipinski definition) is 6. The Balaban J connectivity index is 1.74. The molecular formula is C19H17N7O2. The number of aromatic nitrogens is 7. The van der Waals surface area contributed by atoms with Crippen molar-refractivity contribution in [3.8, 4) is 22.7 Å². The highest BCUT2D eigenvalue weighted by Crippen LogP contribution is 2.27. The number of benzene rings is 1. The first kappa shape index (κ1) is 16.4. The van der Waals surface area contributed by atoms with Gasteiger partial charge in [-0.25, -0.2) is 9.50 Å². The highest BCUT2D eigenvalue weighted by molar-refractivity contribution is 5.84. The van der Waals surface area contributed by atoms with E-state index in [1.807, 2.05) is 42.9 Å². The van der Waals surface area contributed by atoms with Crippen LogP contribution in [0, 0.1) is 13.8 Å². The van der Waals surface area contributed by atoms with E-state index in [1.54, 1.807) is 6.92 Å². The first-order chi connectivity index (χ1) is 13.5. The molecule has 1 N–H and O–H groups in total. The third kappa shape index (κ3) is 2.36. The molecule has 4 aromatic heterocycles. The van der Waals surface area contributed by atoms with Crippen molar-refractivity contribution in [3.05, 3.63) is 52.3 Å². The fraction of sp³-hybridized carbons (Fsp3) is 0.211. The monoisotopic (exact) mass is 375 g/mol. The summed E-state index contributed by atoms with van der Waals surface area (Å²) >= 11 is 0. The average Bonchev–Trinajstić information content (AvgIpc) is 3.37. The number of aromatic amines is 1. The lowest BCUT2D eigenvalue weighted by Crippen LogP contribution is -2.14. The van der Waals surface area contributed by atoms with Crippen molar-refractivity contribution in [2.75, 3.05) is 0 Å². The minimum Gasteiger partial charge on any atom is -0.334 e. The van der Waals surface area contributed by atoms with Crippen LogP contribution >= 0.6 is 0 Å². The van der Waals surface area contributed by atoms with Crippen LogP contribution in [0.3, 0.4) is 0 Å². The van der Waals surface area contributed by atoms with Gasteiger partial charge in [-0.05, 0) is 32.9 Å². The fourth-order valence-electron chi connectivity index (χ4n) is 3.45. The Labute approximate surface area is 158 Å². The molecule has 0 bridgehead atoms. The molecule has 0 fully saturated rings. The van der Waals surface area contributed by atoms with Gasteiger partial charge in [0.1, 0.15) is 5.56 Å². The molecule has 0 aliphatic heterocycles. The molecule has 1 aromatic carbocycles. The van der Waals surface area contributed by atoms with Gasteiger partial charge >= 0.3 is 0 Å². The van der Waals surface area contributed by atoms with Crippen LogP contribution < -0.4 is 5.56 Å². The lowest BCUT2D eigenvalue weighted by Gasteiger charge is -2.03. The molecule has 5 rings (SSSR count). The molecule has 9 heteroatoms. The predicted octanol–water partition coefficient (Wildman–Crippen LogP) is 2.73. The van der Waals surface area contributed by atoms with Gasteiger partial charge in [0, 0.05) is 29.3 Å². The molecule has 0 saturated heterocycles. The highest BCUT2D eigenvalue weighted by Gasteiger charge is 2.20. The fourth-order valence-corrected chi connectivity index (χ4v) is 3.45. The molecule has 0 unspecified atom stereocenters. The lowest BCUT2D eigenvalue weighted by atomic mass is 10.1. The Kier molecular flexibility index (Phi) is 3.45. The summed E-state index contributed by atoms with van der Waals surface area (Å²) in [5.74, 6) is 0.850. The van der Waals surface area contributed by atoms with Gasteiger partial charge < -0.3 is 4.52 Å². The third-order valence-corrected chi connectivity index (χ3v) is 4.78. The van der Waals surface area contributed by atoms with Crippen LogP contribution in [-0.4, -0.2) is 34.5 Å². The summed E-state index contributed by atoms with van der Waals surface area (Å²) in [5.41, 5.74) is 4.05. The molecule has 28 heavy (non-hydrogen) atoms.